The van der Waals surface area contributed by atoms with Crippen LogP contribution in [0.15, 0.2) is 18.2 Å². The SMILES string of the molecule is Cc1c(C(=O)N2CC[C@](C)(O)[C@@H](O)C2)[nH]c2c(F)cccc12. The van der Waals surface area contributed by atoms with Gasteiger partial charge in [0.15, 0.2) is 0 Å². The average molecular weight is 306 g/mol. The molecule has 1 saturated heterocycles. The third kappa shape index (κ3) is 2.28. The first-order valence-electron chi connectivity index (χ1n) is 7.28. The number of aliphatic hydroxyl groups excluding tert-OH is 1. The zero-order valence-corrected chi connectivity index (χ0v) is 12.6. The van der Waals surface area contributed by atoms with Crippen LogP contribution in [0, 0.1) is 12.7 Å². The molecule has 2 heterocycles. The van der Waals surface area contributed by atoms with Crippen LogP contribution >= 0.6 is 0 Å². The number of carbonyl (C=O) groups excluding carboxylic acids is 1. The summed E-state index contributed by atoms with van der Waals surface area (Å²) in [4.78, 5) is 17.0. The lowest BCUT2D eigenvalue weighted by atomic mass is 9.90. The van der Waals surface area contributed by atoms with Gasteiger partial charge < -0.3 is 20.1 Å². The number of nitrogens with zero attached hydrogens (tertiary/aromatic N) is 1. The van der Waals surface area contributed by atoms with E-state index < -0.39 is 17.5 Å². The van der Waals surface area contributed by atoms with Gasteiger partial charge in [-0.25, -0.2) is 4.39 Å². The molecule has 0 radical (unpaired) electrons. The fraction of sp³-hybridized carbons (Fsp3) is 0.438. The summed E-state index contributed by atoms with van der Waals surface area (Å²) in [6, 6.07) is 4.71. The molecule has 3 rings (SSSR count). The first-order chi connectivity index (χ1) is 10.3. The number of aromatic nitrogens is 1. The number of likely N-dealkylation sites (tertiary alicyclic amines) is 1. The number of amides is 1. The summed E-state index contributed by atoms with van der Waals surface area (Å²) in [6.07, 6.45) is -0.695. The van der Waals surface area contributed by atoms with Crippen molar-refractivity contribution in [1.82, 2.24) is 9.88 Å². The monoisotopic (exact) mass is 306 g/mol. The van der Waals surface area contributed by atoms with Crippen LogP contribution < -0.4 is 0 Å². The minimum atomic E-state index is -1.18. The van der Waals surface area contributed by atoms with Gasteiger partial charge in [-0.2, -0.15) is 0 Å². The predicted molar refractivity (Wildman–Crippen MR) is 80.1 cm³/mol. The molecule has 3 N–H and O–H groups in total. The molecule has 5 nitrogen and oxygen atoms in total. The van der Waals surface area contributed by atoms with Crippen molar-refractivity contribution in [1.29, 1.82) is 0 Å². The van der Waals surface area contributed by atoms with Crippen molar-refractivity contribution in [3.05, 3.63) is 35.3 Å². The molecule has 1 aromatic carbocycles. The Hall–Kier alpha value is -1.92. The molecule has 2 aromatic rings. The zero-order chi connectivity index (χ0) is 16.1. The Morgan fingerprint density at radius 1 is 1.50 bits per heavy atom. The molecule has 0 unspecified atom stereocenters. The van der Waals surface area contributed by atoms with E-state index in [2.05, 4.69) is 4.98 Å². The van der Waals surface area contributed by atoms with Gasteiger partial charge in [0.25, 0.3) is 5.91 Å². The first kappa shape index (κ1) is 15.0. The van der Waals surface area contributed by atoms with Gasteiger partial charge >= 0.3 is 0 Å². The maximum absolute atomic E-state index is 13.8. The number of piperidine rings is 1. The molecule has 1 aromatic heterocycles. The van der Waals surface area contributed by atoms with Crippen LogP contribution in [0.2, 0.25) is 0 Å². The van der Waals surface area contributed by atoms with Crippen LogP contribution in [-0.2, 0) is 0 Å². The fourth-order valence-electron chi connectivity index (χ4n) is 2.90. The summed E-state index contributed by atoms with van der Waals surface area (Å²) in [5.74, 6) is -0.691. The average Bonchev–Trinajstić information content (AvgIpc) is 2.80. The Morgan fingerprint density at radius 3 is 2.86 bits per heavy atom. The summed E-state index contributed by atoms with van der Waals surface area (Å²) in [6.45, 7) is 3.73. The van der Waals surface area contributed by atoms with E-state index in [0.717, 1.165) is 0 Å². The lowest BCUT2D eigenvalue weighted by Crippen LogP contribution is -2.55. The number of benzene rings is 1. The standard InChI is InChI=1S/C16H19FN2O3/c1-9-10-4-3-5-11(17)14(10)18-13(9)15(21)19-7-6-16(2,22)12(20)8-19/h3-5,12,18,20,22H,6-8H2,1-2H3/t12-,16-/m0/s1. The number of halogens is 1. The van der Waals surface area contributed by atoms with Gasteiger partial charge in [-0.3, -0.25) is 4.79 Å². The lowest BCUT2D eigenvalue weighted by Gasteiger charge is -2.39. The summed E-state index contributed by atoms with van der Waals surface area (Å²) >= 11 is 0. The molecule has 1 amide bonds. The van der Waals surface area contributed by atoms with Crippen molar-refractivity contribution < 1.29 is 19.4 Å². The van der Waals surface area contributed by atoms with Crippen LogP contribution in [0.5, 0.6) is 0 Å². The normalized spacial score (nSPS) is 25.7. The molecule has 1 fully saturated rings. The van der Waals surface area contributed by atoms with E-state index in [9.17, 15) is 19.4 Å². The van der Waals surface area contributed by atoms with E-state index in [1.54, 1.807) is 26.0 Å². The third-order valence-corrected chi connectivity index (χ3v) is 4.54. The Balaban J connectivity index is 1.93. The summed E-state index contributed by atoms with van der Waals surface area (Å²) < 4.78 is 13.8. The molecule has 22 heavy (non-hydrogen) atoms. The lowest BCUT2D eigenvalue weighted by molar-refractivity contribution is -0.0999. The largest absolute Gasteiger partial charge is 0.388 e. The molecule has 6 heteroatoms. The van der Waals surface area contributed by atoms with E-state index in [1.807, 2.05) is 0 Å². The Kier molecular flexibility index (Phi) is 3.45. The molecule has 0 bridgehead atoms. The molecular formula is C16H19FN2O3. The molecule has 2 atom stereocenters. The highest BCUT2D eigenvalue weighted by Crippen LogP contribution is 2.27. The fourth-order valence-corrected chi connectivity index (χ4v) is 2.90. The van der Waals surface area contributed by atoms with E-state index in [1.165, 1.54) is 11.0 Å². The number of aryl methyl sites for hydroxylation is 1. The number of aliphatic hydroxyl groups is 2. The Morgan fingerprint density at radius 2 is 2.23 bits per heavy atom. The molecule has 1 aliphatic heterocycles. The van der Waals surface area contributed by atoms with E-state index in [4.69, 9.17) is 0 Å². The predicted octanol–water partition coefficient (Wildman–Crippen LogP) is 1.57. The summed E-state index contributed by atoms with van der Waals surface area (Å²) in [5, 5.41) is 20.6. The van der Waals surface area contributed by atoms with Crippen LogP contribution in [0.25, 0.3) is 10.9 Å². The van der Waals surface area contributed by atoms with Crippen LogP contribution in [0.1, 0.15) is 29.4 Å². The highest BCUT2D eigenvalue weighted by Gasteiger charge is 2.38. The number of para-hydroxylation sites is 1. The van der Waals surface area contributed by atoms with Crippen molar-refractivity contribution in [3.8, 4) is 0 Å². The van der Waals surface area contributed by atoms with E-state index in [0.29, 0.717) is 35.1 Å². The second-order valence-corrected chi connectivity index (χ2v) is 6.16. The number of hydrogen-bond acceptors (Lipinski definition) is 3. The van der Waals surface area contributed by atoms with Gasteiger partial charge in [0.05, 0.1) is 17.2 Å². The van der Waals surface area contributed by atoms with Crippen molar-refractivity contribution in [2.24, 2.45) is 0 Å². The van der Waals surface area contributed by atoms with E-state index >= 15 is 0 Å². The number of H-pyrrole nitrogens is 1. The molecule has 0 saturated carbocycles. The zero-order valence-electron chi connectivity index (χ0n) is 12.6. The molecule has 1 aliphatic rings. The molecule has 0 aliphatic carbocycles. The molecule has 118 valence electrons. The number of carbonyl (C=O) groups is 1. The van der Waals surface area contributed by atoms with Gasteiger partial charge in [0.1, 0.15) is 11.5 Å². The van der Waals surface area contributed by atoms with E-state index in [-0.39, 0.29) is 12.5 Å². The van der Waals surface area contributed by atoms with Gasteiger partial charge in [-0.05, 0) is 31.9 Å². The quantitative estimate of drug-likeness (QED) is 0.748. The minimum Gasteiger partial charge on any atom is -0.388 e. The number of hydrogen-bond donors (Lipinski definition) is 3. The van der Waals surface area contributed by atoms with Gasteiger partial charge in [-0.1, -0.05) is 12.1 Å². The Bertz CT molecular complexity index is 738. The van der Waals surface area contributed by atoms with Crippen LogP contribution in [0.3, 0.4) is 0 Å². The summed E-state index contributed by atoms with van der Waals surface area (Å²) in [5.41, 5.74) is 0.145. The minimum absolute atomic E-state index is 0.0587. The topological polar surface area (TPSA) is 76.6 Å². The van der Waals surface area contributed by atoms with Crippen LogP contribution in [0.4, 0.5) is 4.39 Å². The van der Waals surface area contributed by atoms with Crippen molar-refractivity contribution in [2.75, 3.05) is 13.1 Å². The van der Waals surface area contributed by atoms with Gasteiger partial charge in [0.2, 0.25) is 0 Å². The maximum atomic E-state index is 13.8. The highest BCUT2D eigenvalue weighted by molar-refractivity contribution is 6.01. The van der Waals surface area contributed by atoms with Gasteiger partial charge in [-0.15, -0.1) is 0 Å². The smallest absolute Gasteiger partial charge is 0.270 e. The van der Waals surface area contributed by atoms with Crippen molar-refractivity contribution in [2.45, 2.75) is 32.0 Å². The number of nitrogens with one attached hydrogen (secondary N) is 1. The number of rotatable bonds is 1. The second kappa shape index (κ2) is 5.07. The van der Waals surface area contributed by atoms with Crippen molar-refractivity contribution >= 4 is 16.8 Å². The van der Waals surface area contributed by atoms with Gasteiger partial charge in [0, 0.05) is 18.5 Å². The first-order valence-corrected chi connectivity index (χ1v) is 7.28. The summed E-state index contributed by atoms with van der Waals surface area (Å²) in [7, 11) is 0. The number of fused-ring (bicyclic) bond motifs is 1. The van der Waals surface area contributed by atoms with Crippen molar-refractivity contribution in [3.63, 3.8) is 0 Å². The molecule has 0 spiro atoms. The molecular weight excluding hydrogens is 287 g/mol. The highest BCUT2D eigenvalue weighted by atomic mass is 19.1. The van der Waals surface area contributed by atoms with Crippen LogP contribution in [-0.4, -0.2) is 50.8 Å². The number of β-amino-alcohol motifs (C(OH)–C–C–N with tert-alkyl or cyclic N) is 1. The maximum Gasteiger partial charge on any atom is 0.270 e. The second-order valence-electron chi connectivity index (χ2n) is 6.16. The third-order valence-electron chi connectivity index (χ3n) is 4.54. The Labute approximate surface area is 127 Å². The number of aromatic amines is 1.